The van der Waals surface area contributed by atoms with Crippen LogP contribution in [0.5, 0.6) is 0 Å². The molecule has 3 aromatic rings. The van der Waals surface area contributed by atoms with Crippen LogP contribution in [0.1, 0.15) is 17.1 Å². The SMILES string of the molecule is NCCCn1c(Cc2cccs2)nc2cc(Cl)cnc21. The number of nitrogens with zero attached hydrogens (tertiary/aromatic N) is 3. The van der Waals surface area contributed by atoms with Crippen LogP contribution in [0.3, 0.4) is 0 Å². The van der Waals surface area contributed by atoms with E-state index in [1.807, 2.05) is 6.07 Å². The van der Waals surface area contributed by atoms with Gasteiger partial charge in [0.25, 0.3) is 0 Å². The first-order chi connectivity index (χ1) is 9.78. The van der Waals surface area contributed by atoms with Crippen molar-refractivity contribution in [2.45, 2.75) is 19.4 Å². The highest BCUT2D eigenvalue weighted by atomic mass is 35.5. The third kappa shape index (κ3) is 2.70. The topological polar surface area (TPSA) is 56.7 Å². The van der Waals surface area contributed by atoms with Crippen LogP contribution in [-0.2, 0) is 13.0 Å². The van der Waals surface area contributed by atoms with Crippen molar-refractivity contribution >= 4 is 34.1 Å². The van der Waals surface area contributed by atoms with E-state index in [0.717, 1.165) is 36.4 Å². The van der Waals surface area contributed by atoms with Gasteiger partial charge >= 0.3 is 0 Å². The molecule has 0 aliphatic rings. The summed E-state index contributed by atoms with van der Waals surface area (Å²) in [7, 11) is 0. The zero-order valence-corrected chi connectivity index (χ0v) is 12.5. The predicted octanol–water partition coefficient (Wildman–Crippen LogP) is 3.09. The molecule has 0 amide bonds. The molecule has 2 N–H and O–H groups in total. The molecular formula is C14H15ClN4S. The number of pyridine rings is 1. The zero-order chi connectivity index (χ0) is 13.9. The number of thiophene rings is 1. The van der Waals surface area contributed by atoms with E-state index in [4.69, 9.17) is 17.3 Å². The molecule has 0 fully saturated rings. The minimum Gasteiger partial charge on any atom is -0.330 e. The molecule has 0 aliphatic heterocycles. The van der Waals surface area contributed by atoms with E-state index in [9.17, 15) is 0 Å². The molecule has 3 rings (SSSR count). The molecule has 0 spiro atoms. The van der Waals surface area contributed by atoms with Crippen LogP contribution >= 0.6 is 22.9 Å². The third-order valence-electron chi connectivity index (χ3n) is 3.13. The number of fused-ring (bicyclic) bond motifs is 1. The Morgan fingerprint density at radius 1 is 1.40 bits per heavy atom. The Hall–Kier alpha value is -1.43. The molecule has 6 heteroatoms. The largest absolute Gasteiger partial charge is 0.330 e. The van der Waals surface area contributed by atoms with Gasteiger partial charge in [0.2, 0.25) is 0 Å². The van der Waals surface area contributed by atoms with Gasteiger partial charge in [-0.05, 0) is 30.5 Å². The molecule has 0 saturated carbocycles. The number of aryl methyl sites for hydroxylation is 1. The van der Waals surface area contributed by atoms with Gasteiger partial charge in [0.1, 0.15) is 11.3 Å². The van der Waals surface area contributed by atoms with Gasteiger partial charge in [0.05, 0.1) is 5.02 Å². The first-order valence-electron chi connectivity index (χ1n) is 6.51. The van der Waals surface area contributed by atoms with Gasteiger partial charge in [0, 0.05) is 24.0 Å². The number of hydrogen-bond acceptors (Lipinski definition) is 4. The van der Waals surface area contributed by atoms with Crippen molar-refractivity contribution in [1.82, 2.24) is 14.5 Å². The molecule has 0 aromatic carbocycles. The Balaban J connectivity index is 2.03. The standard InChI is InChI=1S/C14H15ClN4S/c15-10-7-12-14(17-9-10)19(5-2-4-16)13(18-12)8-11-3-1-6-20-11/h1,3,6-7,9H,2,4-5,8,16H2. The molecule has 0 bridgehead atoms. The summed E-state index contributed by atoms with van der Waals surface area (Å²) in [5.41, 5.74) is 7.36. The molecule has 0 atom stereocenters. The molecule has 0 unspecified atom stereocenters. The first kappa shape index (κ1) is 13.5. The Labute approximate surface area is 126 Å². The Morgan fingerprint density at radius 2 is 2.30 bits per heavy atom. The monoisotopic (exact) mass is 306 g/mol. The number of aromatic nitrogens is 3. The van der Waals surface area contributed by atoms with Crippen LogP contribution in [0, 0.1) is 0 Å². The van der Waals surface area contributed by atoms with Crippen LogP contribution in [-0.4, -0.2) is 21.1 Å². The van der Waals surface area contributed by atoms with Crippen molar-refractivity contribution in [3.8, 4) is 0 Å². The Morgan fingerprint density at radius 3 is 3.05 bits per heavy atom. The van der Waals surface area contributed by atoms with Crippen LogP contribution < -0.4 is 5.73 Å². The van der Waals surface area contributed by atoms with Gasteiger partial charge in [-0.2, -0.15) is 0 Å². The lowest BCUT2D eigenvalue weighted by molar-refractivity contribution is 0.636. The van der Waals surface area contributed by atoms with Crippen molar-refractivity contribution in [2.24, 2.45) is 5.73 Å². The molecule has 3 aromatic heterocycles. The smallest absolute Gasteiger partial charge is 0.160 e. The summed E-state index contributed by atoms with van der Waals surface area (Å²) in [5, 5.41) is 2.70. The molecule has 0 aliphatic carbocycles. The predicted molar refractivity (Wildman–Crippen MR) is 83.3 cm³/mol. The lowest BCUT2D eigenvalue weighted by atomic mass is 10.3. The average molecular weight is 307 g/mol. The fourth-order valence-electron chi connectivity index (χ4n) is 2.22. The second-order valence-corrected chi connectivity index (χ2v) is 6.04. The summed E-state index contributed by atoms with van der Waals surface area (Å²) in [6.07, 6.45) is 3.39. The van der Waals surface area contributed by atoms with E-state index in [-0.39, 0.29) is 0 Å². The van der Waals surface area contributed by atoms with Gasteiger partial charge in [-0.1, -0.05) is 17.7 Å². The Kier molecular flexibility index (Phi) is 4.00. The fraction of sp³-hybridized carbons (Fsp3) is 0.286. The van der Waals surface area contributed by atoms with Crippen LogP contribution in [0.4, 0.5) is 0 Å². The van der Waals surface area contributed by atoms with Gasteiger partial charge in [0.15, 0.2) is 5.65 Å². The van der Waals surface area contributed by atoms with Crippen LogP contribution in [0.2, 0.25) is 5.02 Å². The second kappa shape index (κ2) is 5.91. The summed E-state index contributed by atoms with van der Waals surface area (Å²) in [6.45, 7) is 1.49. The van der Waals surface area contributed by atoms with Crippen molar-refractivity contribution in [2.75, 3.05) is 6.54 Å². The van der Waals surface area contributed by atoms with E-state index in [2.05, 4.69) is 32.0 Å². The summed E-state index contributed by atoms with van der Waals surface area (Å²) in [6, 6.07) is 6.04. The fourth-order valence-corrected chi connectivity index (χ4v) is 3.08. The maximum absolute atomic E-state index is 6.00. The van der Waals surface area contributed by atoms with E-state index >= 15 is 0 Å². The maximum atomic E-state index is 6.00. The summed E-state index contributed by atoms with van der Waals surface area (Å²) < 4.78 is 2.15. The summed E-state index contributed by atoms with van der Waals surface area (Å²) in [5.74, 6) is 1.02. The lowest BCUT2D eigenvalue weighted by Gasteiger charge is -2.07. The number of halogens is 1. The van der Waals surface area contributed by atoms with Gasteiger partial charge in [-0.25, -0.2) is 9.97 Å². The zero-order valence-electron chi connectivity index (χ0n) is 10.9. The highest BCUT2D eigenvalue weighted by molar-refractivity contribution is 7.09. The van der Waals surface area contributed by atoms with E-state index in [1.54, 1.807) is 17.5 Å². The van der Waals surface area contributed by atoms with Gasteiger partial charge in [-0.15, -0.1) is 11.3 Å². The molecule has 4 nitrogen and oxygen atoms in total. The minimum absolute atomic E-state index is 0.614. The van der Waals surface area contributed by atoms with Crippen molar-refractivity contribution in [3.05, 3.63) is 45.5 Å². The van der Waals surface area contributed by atoms with Crippen LogP contribution in [0.15, 0.2) is 29.8 Å². The molecular weight excluding hydrogens is 292 g/mol. The van der Waals surface area contributed by atoms with Crippen molar-refractivity contribution < 1.29 is 0 Å². The van der Waals surface area contributed by atoms with Gasteiger partial charge < -0.3 is 10.3 Å². The number of imidazole rings is 1. The average Bonchev–Trinajstić information content (AvgIpc) is 3.04. The summed E-state index contributed by atoms with van der Waals surface area (Å²) >= 11 is 7.74. The van der Waals surface area contributed by atoms with E-state index < -0.39 is 0 Å². The van der Waals surface area contributed by atoms with Gasteiger partial charge in [-0.3, -0.25) is 0 Å². The number of hydrogen-bond donors (Lipinski definition) is 1. The second-order valence-electron chi connectivity index (χ2n) is 4.57. The minimum atomic E-state index is 0.614. The molecule has 0 radical (unpaired) electrons. The molecule has 3 heterocycles. The van der Waals surface area contributed by atoms with Crippen molar-refractivity contribution in [3.63, 3.8) is 0 Å². The molecule has 104 valence electrons. The molecule has 0 saturated heterocycles. The van der Waals surface area contributed by atoms with E-state index in [1.165, 1.54) is 4.88 Å². The van der Waals surface area contributed by atoms with E-state index in [0.29, 0.717) is 11.6 Å². The Bertz CT molecular complexity index is 705. The highest BCUT2D eigenvalue weighted by Crippen LogP contribution is 2.21. The van der Waals surface area contributed by atoms with Crippen molar-refractivity contribution in [1.29, 1.82) is 0 Å². The maximum Gasteiger partial charge on any atom is 0.160 e. The quantitative estimate of drug-likeness (QED) is 0.788. The first-order valence-corrected chi connectivity index (χ1v) is 7.77. The third-order valence-corrected chi connectivity index (χ3v) is 4.21. The number of nitrogens with two attached hydrogens (primary N) is 1. The number of rotatable bonds is 5. The lowest BCUT2D eigenvalue weighted by Crippen LogP contribution is -2.09. The highest BCUT2D eigenvalue weighted by Gasteiger charge is 2.13. The summed E-state index contributed by atoms with van der Waals surface area (Å²) in [4.78, 5) is 10.4. The molecule has 20 heavy (non-hydrogen) atoms. The normalized spacial score (nSPS) is 11.3. The van der Waals surface area contributed by atoms with Crippen LogP contribution in [0.25, 0.3) is 11.2 Å².